The molecule has 0 radical (unpaired) electrons. The molecule has 0 saturated heterocycles. The Morgan fingerprint density at radius 1 is 1.00 bits per heavy atom. The minimum absolute atomic E-state index is 0.0138. The molecule has 9 heteroatoms. The highest BCUT2D eigenvalue weighted by Crippen LogP contribution is 2.17. The summed E-state index contributed by atoms with van der Waals surface area (Å²) in [4.78, 5) is 36.3. The number of carbonyl (C=O) groups excluding carboxylic acids is 3. The molecular formula is C22H44N2O6S. The zero-order chi connectivity index (χ0) is 24.8. The van der Waals surface area contributed by atoms with Gasteiger partial charge in [0.05, 0.1) is 13.2 Å². The van der Waals surface area contributed by atoms with Crippen LogP contribution in [0.3, 0.4) is 0 Å². The van der Waals surface area contributed by atoms with Crippen molar-refractivity contribution in [2.45, 2.75) is 98.4 Å². The van der Waals surface area contributed by atoms with E-state index in [-0.39, 0.29) is 11.7 Å². The second-order valence-electron chi connectivity index (χ2n) is 8.76. The normalized spacial score (nSPS) is 14.1. The number of amides is 2. The Balaban J connectivity index is 0. The molecule has 3 unspecified atom stereocenters. The molecule has 0 saturated carbocycles. The Morgan fingerprint density at radius 3 is 1.81 bits per heavy atom. The molecule has 31 heavy (non-hydrogen) atoms. The Labute approximate surface area is 193 Å². The van der Waals surface area contributed by atoms with Gasteiger partial charge in [-0.05, 0) is 32.6 Å². The molecule has 2 amide bonds. The van der Waals surface area contributed by atoms with Crippen molar-refractivity contribution in [3.8, 4) is 0 Å². The number of esters is 1. The quantitative estimate of drug-likeness (QED) is 0.291. The van der Waals surface area contributed by atoms with Gasteiger partial charge in [-0.1, -0.05) is 53.9 Å². The second kappa shape index (κ2) is 16.2. The number of rotatable bonds is 10. The summed E-state index contributed by atoms with van der Waals surface area (Å²) in [7, 11) is 1.18. The van der Waals surface area contributed by atoms with E-state index in [9.17, 15) is 19.5 Å². The van der Waals surface area contributed by atoms with Gasteiger partial charge in [0.1, 0.15) is 11.6 Å². The van der Waals surface area contributed by atoms with Crippen LogP contribution in [0.2, 0.25) is 0 Å². The van der Waals surface area contributed by atoms with Crippen LogP contribution in [0.25, 0.3) is 0 Å². The van der Waals surface area contributed by atoms with E-state index in [4.69, 9.17) is 4.74 Å². The molecule has 0 fully saturated rings. The summed E-state index contributed by atoms with van der Waals surface area (Å²) in [5.41, 5.74) is -0.720. The van der Waals surface area contributed by atoms with Gasteiger partial charge in [-0.25, -0.2) is 9.59 Å². The first kappa shape index (κ1) is 31.7. The summed E-state index contributed by atoms with van der Waals surface area (Å²) in [5.74, 6) is -0.734. The topological polar surface area (TPSA) is 114 Å². The highest BCUT2D eigenvalue weighted by molar-refractivity contribution is 7.80. The molecule has 8 nitrogen and oxygen atoms in total. The van der Waals surface area contributed by atoms with Gasteiger partial charge in [-0.2, -0.15) is 12.6 Å². The largest absolute Gasteiger partial charge is 0.467 e. The molecule has 0 aliphatic carbocycles. The molecule has 3 N–H and O–H groups in total. The molecule has 184 valence electrons. The standard InChI is InChI=1S/C17H32N2O6S.C5H12/c1-7-10(8-2)13(20)12(15(22)24-6)19-14(21)11(9-26)18-16(23)25-17(3,4)5;1-4-5(2)3/h10-13,20,26H,7-9H2,1-6H3,(H,18,23)(H,19,21);5H,4H2,1-3H3. The van der Waals surface area contributed by atoms with Crippen molar-refractivity contribution in [2.24, 2.45) is 11.8 Å². The SMILES string of the molecule is CCC(C)C.CCC(CC)C(O)C(NC(=O)C(CS)NC(=O)OC(C)(C)C)C(=O)OC. The summed E-state index contributed by atoms with van der Waals surface area (Å²) in [6.07, 6.45) is 0.686. The molecule has 0 heterocycles. The number of alkyl carbamates (subject to hydrolysis) is 1. The van der Waals surface area contributed by atoms with Crippen molar-refractivity contribution in [3.05, 3.63) is 0 Å². The number of carbonyl (C=O) groups is 3. The van der Waals surface area contributed by atoms with Gasteiger partial charge in [0, 0.05) is 5.75 Å². The van der Waals surface area contributed by atoms with E-state index in [0.717, 1.165) is 5.92 Å². The molecule has 0 bridgehead atoms. The predicted molar refractivity (Wildman–Crippen MR) is 126 cm³/mol. The molecule has 0 aromatic rings. The Kier molecular flexibility index (Phi) is 16.6. The molecule has 0 aliphatic heterocycles. The summed E-state index contributed by atoms with van der Waals surface area (Å²) < 4.78 is 9.80. The number of aliphatic hydroxyl groups is 1. The maximum absolute atomic E-state index is 12.5. The molecular weight excluding hydrogens is 420 g/mol. The van der Waals surface area contributed by atoms with Crippen LogP contribution in [-0.4, -0.2) is 59.7 Å². The summed E-state index contributed by atoms with van der Waals surface area (Å²) >= 11 is 4.06. The third kappa shape index (κ3) is 14.2. The maximum atomic E-state index is 12.5. The molecule has 0 rings (SSSR count). The van der Waals surface area contributed by atoms with Crippen LogP contribution in [0, 0.1) is 11.8 Å². The van der Waals surface area contributed by atoms with E-state index in [1.54, 1.807) is 20.8 Å². The number of nitrogens with one attached hydrogen (secondary N) is 2. The van der Waals surface area contributed by atoms with Crippen LogP contribution in [0.1, 0.15) is 74.7 Å². The lowest BCUT2D eigenvalue weighted by molar-refractivity contribution is -0.149. The molecule has 0 aromatic heterocycles. The zero-order valence-electron chi connectivity index (χ0n) is 20.7. The maximum Gasteiger partial charge on any atom is 0.408 e. The summed E-state index contributed by atoms with van der Waals surface area (Å²) in [6, 6.07) is -2.27. The van der Waals surface area contributed by atoms with E-state index in [2.05, 4.69) is 48.8 Å². The fraction of sp³-hybridized carbons (Fsp3) is 0.864. The Bertz CT molecular complexity index is 533. The highest BCUT2D eigenvalue weighted by atomic mass is 32.1. The Hall–Kier alpha value is -1.48. The second-order valence-corrected chi connectivity index (χ2v) is 9.13. The van der Waals surface area contributed by atoms with Crippen LogP contribution in [0.4, 0.5) is 4.79 Å². The van der Waals surface area contributed by atoms with Crippen LogP contribution >= 0.6 is 12.6 Å². The lowest BCUT2D eigenvalue weighted by Crippen LogP contribution is -2.57. The molecule has 0 aromatic carbocycles. The molecule has 3 atom stereocenters. The average Bonchev–Trinajstić information content (AvgIpc) is 2.69. The fourth-order valence-corrected chi connectivity index (χ4v) is 2.61. The number of aliphatic hydroxyl groups excluding tert-OH is 1. The van der Waals surface area contributed by atoms with Crippen molar-refractivity contribution < 1.29 is 29.0 Å². The smallest absolute Gasteiger partial charge is 0.408 e. The number of methoxy groups -OCH3 is 1. The van der Waals surface area contributed by atoms with Gasteiger partial charge in [0.2, 0.25) is 5.91 Å². The third-order valence-electron chi connectivity index (χ3n) is 4.63. The summed E-state index contributed by atoms with van der Waals surface area (Å²) in [5, 5.41) is 15.3. The van der Waals surface area contributed by atoms with Crippen molar-refractivity contribution in [1.29, 1.82) is 0 Å². The predicted octanol–water partition coefficient (Wildman–Crippen LogP) is 3.32. The van der Waals surface area contributed by atoms with Crippen LogP contribution in [-0.2, 0) is 19.1 Å². The molecule has 0 spiro atoms. The number of hydrogen-bond donors (Lipinski definition) is 4. The van der Waals surface area contributed by atoms with Gasteiger partial charge in [-0.15, -0.1) is 0 Å². The van der Waals surface area contributed by atoms with E-state index >= 15 is 0 Å². The first-order valence-corrected chi connectivity index (χ1v) is 11.6. The minimum Gasteiger partial charge on any atom is -0.467 e. The summed E-state index contributed by atoms with van der Waals surface area (Å²) in [6.45, 7) is 15.5. The van der Waals surface area contributed by atoms with Crippen molar-refractivity contribution in [2.75, 3.05) is 12.9 Å². The average molecular weight is 465 g/mol. The lowest BCUT2D eigenvalue weighted by Gasteiger charge is -2.29. The van der Waals surface area contributed by atoms with E-state index in [1.165, 1.54) is 13.5 Å². The van der Waals surface area contributed by atoms with Crippen molar-refractivity contribution >= 4 is 30.6 Å². The first-order valence-electron chi connectivity index (χ1n) is 10.9. The van der Waals surface area contributed by atoms with Gasteiger partial charge < -0.3 is 25.2 Å². The van der Waals surface area contributed by atoms with E-state index in [0.29, 0.717) is 12.8 Å². The van der Waals surface area contributed by atoms with Crippen LogP contribution in [0.15, 0.2) is 0 Å². The van der Waals surface area contributed by atoms with Crippen LogP contribution < -0.4 is 10.6 Å². The van der Waals surface area contributed by atoms with Gasteiger partial charge in [0.25, 0.3) is 0 Å². The van der Waals surface area contributed by atoms with Gasteiger partial charge in [-0.3, -0.25) is 4.79 Å². The lowest BCUT2D eigenvalue weighted by atomic mass is 9.91. The van der Waals surface area contributed by atoms with Gasteiger partial charge in [0.15, 0.2) is 6.04 Å². The van der Waals surface area contributed by atoms with E-state index < -0.39 is 41.8 Å². The number of thiol groups is 1. The number of ether oxygens (including phenoxy) is 2. The Morgan fingerprint density at radius 2 is 1.48 bits per heavy atom. The van der Waals surface area contributed by atoms with Gasteiger partial charge >= 0.3 is 12.1 Å². The fourth-order valence-electron chi connectivity index (χ4n) is 2.35. The molecule has 0 aliphatic rings. The third-order valence-corrected chi connectivity index (χ3v) is 5.00. The first-order chi connectivity index (χ1) is 14.3. The van der Waals surface area contributed by atoms with Crippen molar-refractivity contribution in [3.63, 3.8) is 0 Å². The van der Waals surface area contributed by atoms with Crippen LogP contribution in [0.5, 0.6) is 0 Å². The number of hydrogen-bond acceptors (Lipinski definition) is 7. The van der Waals surface area contributed by atoms with Crippen molar-refractivity contribution in [1.82, 2.24) is 10.6 Å². The van der Waals surface area contributed by atoms with E-state index in [1.807, 2.05) is 13.8 Å². The highest BCUT2D eigenvalue weighted by Gasteiger charge is 2.35. The minimum atomic E-state index is -1.24. The zero-order valence-corrected chi connectivity index (χ0v) is 21.5. The monoisotopic (exact) mass is 464 g/mol.